The highest BCUT2D eigenvalue weighted by atomic mass is 32.2. The van der Waals surface area contributed by atoms with Gasteiger partial charge in [-0.1, -0.05) is 11.8 Å². The van der Waals surface area contributed by atoms with Gasteiger partial charge in [-0.25, -0.2) is 17.6 Å². The molecule has 1 heterocycles. The first-order valence-corrected chi connectivity index (χ1v) is 10.0. The number of carboxylic acid groups (broad SMARTS) is 1. The summed E-state index contributed by atoms with van der Waals surface area (Å²) in [6, 6.07) is 9.64. The Labute approximate surface area is 154 Å². The molecule has 1 aliphatic rings. The third-order valence-electron chi connectivity index (χ3n) is 3.83. The first-order chi connectivity index (χ1) is 12.4. The van der Waals surface area contributed by atoms with Crippen molar-refractivity contribution in [2.24, 2.45) is 0 Å². The number of carboxylic acids is 1. The van der Waals surface area contributed by atoms with Crippen molar-refractivity contribution in [2.45, 2.75) is 14.7 Å². The number of hydrogen-bond donors (Lipinski definition) is 1. The second-order valence-corrected chi connectivity index (χ2v) is 8.59. The minimum atomic E-state index is -3.78. The minimum absolute atomic E-state index is 0.0692. The van der Waals surface area contributed by atoms with Gasteiger partial charge in [0, 0.05) is 22.9 Å². The van der Waals surface area contributed by atoms with Gasteiger partial charge in [-0.3, -0.25) is 0 Å². The lowest BCUT2D eigenvalue weighted by Gasteiger charge is -2.26. The molecule has 0 unspecified atom stereocenters. The molecule has 0 spiro atoms. The summed E-state index contributed by atoms with van der Waals surface area (Å²) < 4.78 is 44.8. The number of hydrogen-bond acceptors (Lipinski definition) is 5. The zero-order chi connectivity index (χ0) is 18.7. The monoisotopic (exact) mass is 397 g/mol. The average molecular weight is 397 g/mol. The molecule has 0 saturated carbocycles. The molecular weight excluding hydrogens is 381 g/mol. The third-order valence-corrected chi connectivity index (χ3v) is 6.81. The van der Waals surface area contributed by atoms with Crippen LogP contribution in [0.5, 0.6) is 0 Å². The van der Waals surface area contributed by atoms with Gasteiger partial charge < -0.3 is 9.84 Å². The molecule has 0 bridgehead atoms. The van der Waals surface area contributed by atoms with Crippen LogP contribution in [0, 0.1) is 5.82 Å². The van der Waals surface area contributed by atoms with Crippen LogP contribution in [-0.4, -0.2) is 50.1 Å². The van der Waals surface area contributed by atoms with E-state index in [1.807, 2.05) is 0 Å². The number of nitrogens with zero attached hydrogens (tertiary/aromatic N) is 1. The normalized spacial score (nSPS) is 15.7. The summed E-state index contributed by atoms with van der Waals surface area (Å²) in [5.41, 5.74) is -0.117. The Morgan fingerprint density at radius 1 is 1.12 bits per heavy atom. The Bertz CT molecular complexity index is 909. The molecule has 0 amide bonds. The molecule has 138 valence electrons. The van der Waals surface area contributed by atoms with Crippen molar-refractivity contribution in [3.05, 3.63) is 53.8 Å². The first kappa shape index (κ1) is 18.8. The van der Waals surface area contributed by atoms with Crippen molar-refractivity contribution in [2.75, 3.05) is 26.3 Å². The highest BCUT2D eigenvalue weighted by Crippen LogP contribution is 2.32. The van der Waals surface area contributed by atoms with E-state index < -0.39 is 16.0 Å². The van der Waals surface area contributed by atoms with Crippen LogP contribution >= 0.6 is 11.8 Å². The molecule has 1 aliphatic heterocycles. The van der Waals surface area contributed by atoms with E-state index in [0.29, 0.717) is 23.0 Å². The summed E-state index contributed by atoms with van der Waals surface area (Å²) in [5, 5.41) is 9.49. The van der Waals surface area contributed by atoms with Gasteiger partial charge in [0.25, 0.3) is 0 Å². The number of aromatic carboxylic acids is 1. The quantitative estimate of drug-likeness (QED) is 0.835. The topological polar surface area (TPSA) is 83.9 Å². The number of sulfonamides is 1. The fourth-order valence-electron chi connectivity index (χ4n) is 2.49. The van der Waals surface area contributed by atoms with E-state index in [9.17, 15) is 22.7 Å². The van der Waals surface area contributed by atoms with E-state index in [-0.39, 0.29) is 29.4 Å². The van der Waals surface area contributed by atoms with Crippen molar-refractivity contribution in [1.82, 2.24) is 4.31 Å². The van der Waals surface area contributed by atoms with E-state index in [0.717, 1.165) is 11.8 Å². The number of halogens is 1. The van der Waals surface area contributed by atoms with Crippen LogP contribution in [0.15, 0.2) is 57.2 Å². The van der Waals surface area contributed by atoms with Crippen LogP contribution in [0.25, 0.3) is 0 Å². The zero-order valence-electron chi connectivity index (χ0n) is 13.6. The number of rotatable bonds is 5. The lowest BCUT2D eigenvalue weighted by Crippen LogP contribution is -2.40. The highest BCUT2D eigenvalue weighted by Gasteiger charge is 2.27. The van der Waals surface area contributed by atoms with Crippen LogP contribution in [0.4, 0.5) is 4.39 Å². The number of ether oxygens (including phenoxy) is 1. The molecule has 1 N–H and O–H groups in total. The fourth-order valence-corrected chi connectivity index (χ4v) is 4.84. The zero-order valence-corrected chi connectivity index (χ0v) is 15.2. The highest BCUT2D eigenvalue weighted by molar-refractivity contribution is 7.99. The van der Waals surface area contributed by atoms with Crippen LogP contribution < -0.4 is 0 Å². The summed E-state index contributed by atoms with van der Waals surface area (Å²) in [6.07, 6.45) is 0. The molecular formula is C17H16FNO5S2. The maximum Gasteiger partial charge on any atom is 0.336 e. The van der Waals surface area contributed by atoms with E-state index in [4.69, 9.17) is 4.74 Å². The van der Waals surface area contributed by atoms with Gasteiger partial charge in [0.1, 0.15) is 5.82 Å². The molecule has 26 heavy (non-hydrogen) atoms. The van der Waals surface area contributed by atoms with Gasteiger partial charge >= 0.3 is 5.97 Å². The second kappa shape index (κ2) is 7.75. The Kier molecular flexibility index (Phi) is 5.61. The van der Waals surface area contributed by atoms with Crippen LogP contribution in [0.3, 0.4) is 0 Å². The predicted octanol–water partition coefficient (Wildman–Crippen LogP) is 2.70. The van der Waals surface area contributed by atoms with Crippen molar-refractivity contribution in [1.29, 1.82) is 0 Å². The van der Waals surface area contributed by atoms with Crippen LogP contribution in [-0.2, 0) is 14.8 Å². The van der Waals surface area contributed by atoms with Gasteiger partial charge in [-0.15, -0.1) is 0 Å². The van der Waals surface area contributed by atoms with Crippen LogP contribution in [0.2, 0.25) is 0 Å². The molecule has 2 aromatic rings. The van der Waals surface area contributed by atoms with Crippen molar-refractivity contribution in [3.8, 4) is 0 Å². The van der Waals surface area contributed by atoms with Gasteiger partial charge in [0.05, 0.1) is 23.7 Å². The molecule has 0 aromatic heterocycles. The molecule has 0 atom stereocenters. The summed E-state index contributed by atoms with van der Waals surface area (Å²) >= 11 is 1.13. The molecule has 6 nitrogen and oxygen atoms in total. The average Bonchev–Trinajstić information content (AvgIpc) is 2.64. The summed E-state index contributed by atoms with van der Waals surface area (Å²) in [4.78, 5) is 12.6. The number of morpholine rings is 1. The van der Waals surface area contributed by atoms with Crippen LogP contribution in [0.1, 0.15) is 10.4 Å². The van der Waals surface area contributed by atoms with Gasteiger partial charge in [-0.2, -0.15) is 4.31 Å². The Morgan fingerprint density at radius 3 is 2.38 bits per heavy atom. The van der Waals surface area contributed by atoms with Gasteiger partial charge in [-0.05, 0) is 42.5 Å². The van der Waals surface area contributed by atoms with E-state index >= 15 is 0 Å². The SMILES string of the molecule is O=C(O)c1cc(S(=O)(=O)N2CCOCC2)ccc1Sc1ccc(F)cc1. The lowest BCUT2D eigenvalue weighted by molar-refractivity contribution is 0.0692. The number of carbonyl (C=O) groups is 1. The summed E-state index contributed by atoms with van der Waals surface area (Å²) in [7, 11) is -3.78. The number of benzene rings is 2. The Balaban J connectivity index is 1.93. The molecule has 3 rings (SSSR count). The molecule has 1 saturated heterocycles. The maximum atomic E-state index is 13.0. The van der Waals surface area contributed by atoms with Crippen molar-refractivity contribution in [3.63, 3.8) is 0 Å². The maximum absolute atomic E-state index is 13.0. The minimum Gasteiger partial charge on any atom is -0.478 e. The van der Waals surface area contributed by atoms with Gasteiger partial charge in [0.2, 0.25) is 10.0 Å². The largest absolute Gasteiger partial charge is 0.478 e. The van der Waals surface area contributed by atoms with E-state index in [1.165, 1.54) is 46.8 Å². The van der Waals surface area contributed by atoms with E-state index in [1.54, 1.807) is 0 Å². The molecule has 0 radical (unpaired) electrons. The molecule has 1 fully saturated rings. The summed E-state index contributed by atoms with van der Waals surface area (Å²) in [6.45, 7) is 1.08. The summed E-state index contributed by atoms with van der Waals surface area (Å²) in [5.74, 6) is -1.62. The van der Waals surface area contributed by atoms with Gasteiger partial charge in [0.15, 0.2) is 0 Å². The Morgan fingerprint density at radius 2 is 1.77 bits per heavy atom. The Hall–Kier alpha value is -1.94. The van der Waals surface area contributed by atoms with Crippen molar-refractivity contribution >= 4 is 27.8 Å². The lowest BCUT2D eigenvalue weighted by atomic mass is 10.2. The third kappa shape index (κ3) is 4.07. The second-order valence-electron chi connectivity index (χ2n) is 5.54. The van der Waals surface area contributed by atoms with E-state index in [2.05, 4.69) is 0 Å². The first-order valence-electron chi connectivity index (χ1n) is 7.76. The fraction of sp³-hybridized carbons (Fsp3) is 0.235. The standard InChI is InChI=1S/C17H16FNO5S2/c18-12-1-3-13(4-2-12)25-16-6-5-14(11-15(16)17(20)21)26(22,23)19-7-9-24-10-8-19/h1-6,11H,7-10H2,(H,20,21). The molecule has 0 aliphatic carbocycles. The molecule has 2 aromatic carbocycles. The molecule has 9 heteroatoms. The smallest absolute Gasteiger partial charge is 0.336 e. The van der Waals surface area contributed by atoms with Crippen molar-refractivity contribution < 1.29 is 27.4 Å². The predicted molar refractivity (Wildman–Crippen MR) is 93.5 cm³/mol.